The van der Waals surface area contributed by atoms with Crippen molar-refractivity contribution >= 4 is 0 Å². The van der Waals surface area contributed by atoms with Gasteiger partial charge in [-0.2, -0.15) is 0 Å². The van der Waals surface area contributed by atoms with Crippen molar-refractivity contribution in [1.29, 1.82) is 0 Å². The van der Waals surface area contributed by atoms with Crippen LogP contribution in [0, 0.1) is 18.8 Å². The van der Waals surface area contributed by atoms with Crippen molar-refractivity contribution in [2.75, 3.05) is 6.61 Å². The molecule has 1 aliphatic carbocycles. The molecule has 2 bridgehead atoms. The van der Waals surface area contributed by atoms with Crippen LogP contribution in [-0.4, -0.2) is 18.7 Å². The van der Waals surface area contributed by atoms with Gasteiger partial charge in [-0.25, -0.2) is 0 Å². The lowest BCUT2D eigenvalue weighted by atomic mass is 9.66. The molecule has 2 heterocycles. The number of fused-ring (bicyclic) bond motifs is 2. The molecule has 0 radical (unpaired) electrons. The van der Waals surface area contributed by atoms with Crippen molar-refractivity contribution in [3.63, 3.8) is 0 Å². The minimum absolute atomic E-state index is 0. The predicted octanol–water partition coefficient (Wildman–Crippen LogP) is 3.01. The van der Waals surface area contributed by atoms with Crippen LogP contribution in [0.3, 0.4) is 0 Å². The van der Waals surface area contributed by atoms with E-state index in [1.54, 1.807) is 0 Å². The van der Waals surface area contributed by atoms with Crippen molar-refractivity contribution in [1.82, 2.24) is 5.32 Å². The van der Waals surface area contributed by atoms with Crippen LogP contribution in [-0.2, 0) is 0 Å². The summed E-state index contributed by atoms with van der Waals surface area (Å²) in [4.78, 5) is 0. The number of nitrogens with one attached hydrogen (secondary N) is 1. The fourth-order valence-corrected chi connectivity index (χ4v) is 3.03. The fraction of sp³-hybridized carbons (Fsp3) is 0.600. The zero-order valence-electron chi connectivity index (χ0n) is 10.6. The number of hydrogen-bond donors (Lipinski definition) is 1. The van der Waals surface area contributed by atoms with Gasteiger partial charge in [-0.1, -0.05) is 24.6 Å². The molecule has 4 rings (SSSR count). The normalized spacial score (nSPS) is 35.2. The highest BCUT2D eigenvalue weighted by Crippen LogP contribution is 2.40. The van der Waals surface area contributed by atoms with Gasteiger partial charge in [-0.05, 0) is 43.7 Å². The van der Waals surface area contributed by atoms with E-state index in [0.717, 1.165) is 30.2 Å². The minimum Gasteiger partial charge on any atom is -0.492 e. The number of ether oxygens (including phenoxy) is 1. The molecule has 3 fully saturated rings. The van der Waals surface area contributed by atoms with Crippen molar-refractivity contribution in [3.8, 4) is 5.75 Å². The van der Waals surface area contributed by atoms with Gasteiger partial charge in [0.25, 0.3) is 0 Å². The maximum atomic E-state index is 5.88. The summed E-state index contributed by atoms with van der Waals surface area (Å²) in [6.07, 6.45) is 2.75. The fourth-order valence-electron chi connectivity index (χ4n) is 3.03. The largest absolute Gasteiger partial charge is 0.492 e. The van der Waals surface area contributed by atoms with Crippen molar-refractivity contribution < 1.29 is 6.16 Å². The Morgan fingerprint density at radius 1 is 1.29 bits per heavy atom. The van der Waals surface area contributed by atoms with E-state index in [9.17, 15) is 0 Å². The number of benzene rings is 1. The molecule has 2 heteroatoms. The molecule has 1 aromatic rings. The molecule has 0 amide bonds. The SMILES string of the molecule is Cc1ccc(OCC2NC3CC(C3)C2C)cc1.[HH]. The average Bonchev–Trinajstić information content (AvgIpc) is 2.28. The van der Waals surface area contributed by atoms with Crippen LogP contribution < -0.4 is 10.1 Å². The summed E-state index contributed by atoms with van der Waals surface area (Å²) in [5, 5.41) is 3.69. The van der Waals surface area contributed by atoms with Gasteiger partial charge in [0, 0.05) is 13.5 Å². The number of hydrogen-bond acceptors (Lipinski definition) is 2. The van der Waals surface area contributed by atoms with Gasteiger partial charge in [0.1, 0.15) is 12.4 Å². The van der Waals surface area contributed by atoms with E-state index in [1.807, 2.05) is 0 Å². The molecule has 1 saturated carbocycles. The van der Waals surface area contributed by atoms with Crippen LogP contribution in [0.5, 0.6) is 5.75 Å². The van der Waals surface area contributed by atoms with Gasteiger partial charge < -0.3 is 10.1 Å². The Labute approximate surface area is 105 Å². The first-order chi connectivity index (χ1) is 8.22. The van der Waals surface area contributed by atoms with Gasteiger partial charge in [-0.3, -0.25) is 0 Å². The Morgan fingerprint density at radius 2 is 2.00 bits per heavy atom. The lowest BCUT2D eigenvalue weighted by Crippen LogP contribution is -2.60. The van der Waals surface area contributed by atoms with Crippen LogP contribution in [0.2, 0.25) is 0 Å². The zero-order chi connectivity index (χ0) is 11.8. The molecule has 0 aromatic heterocycles. The minimum atomic E-state index is 0. The number of aryl methyl sites for hydroxylation is 1. The second kappa shape index (κ2) is 4.34. The molecule has 0 spiro atoms. The molecular formula is C15H23NO. The van der Waals surface area contributed by atoms with Gasteiger partial charge in [0.05, 0.1) is 0 Å². The highest BCUT2D eigenvalue weighted by atomic mass is 16.5. The lowest BCUT2D eigenvalue weighted by Gasteiger charge is -2.50. The third-order valence-electron chi connectivity index (χ3n) is 4.45. The highest BCUT2D eigenvalue weighted by molar-refractivity contribution is 5.26. The van der Waals surface area contributed by atoms with Crippen molar-refractivity contribution in [2.45, 2.75) is 38.8 Å². The molecule has 2 unspecified atom stereocenters. The van der Waals surface area contributed by atoms with Gasteiger partial charge in [0.2, 0.25) is 0 Å². The number of piperidine rings is 2. The van der Waals surface area contributed by atoms with Crippen LogP contribution >= 0.6 is 0 Å². The molecule has 2 aliphatic heterocycles. The van der Waals surface area contributed by atoms with E-state index in [4.69, 9.17) is 4.74 Å². The molecule has 2 saturated heterocycles. The molecule has 3 aliphatic rings. The summed E-state index contributed by atoms with van der Waals surface area (Å²) in [6, 6.07) is 9.62. The summed E-state index contributed by atoms with van der Waals surface area (Å²) in [6.45, 7) is 5.26. The van der Waals surface area contributed by atoms with Crippen molar-refractivity contribution in [2.24, 2.45) is 11.8 Å². The van der Waals surface area contributed by atoms with E-state index in [0.29, 0.717) is 6.04 Å². The van der Waals surface area contributed by atoms with E-state index >= 15 is 0 Å². The Bertz CT molecular complexity index is 386. The molecule has 2 atom stereocenters. The van der Waals surface area contributed by atoms with Crippen LogP contribution in [0.15, 0.2) is 24.3 Å². The summed E-state index contributed by atoms with van der Waals surface area (Å²) < 4.78 is 5.88. The maximum absolute atomic E-state index is 5.88. The van der Waals surface area contributed by atoms with Gasteiger partial charge in [-0.15, -0.1) is 0 Å². The monoisotopic (exact) mass is 233 g/mol. The Morgan fingerprint density at radius 3 is 2.65 bits per heavy atom. The van der Waals surface area contributed by atoms with E-state index in [-0.39, 0.29) is 1.43 Å². The molecule has 1 N–H and O–H groups in total. The topological polar surface area (TPSA) is 21.3 Å². The van der Waals surface area contributed by atoms with E-state index in [2.05, 4.69) is 43.4 Å². The quantitative estimate of drug-likeness (QED) is 0.866. The average molecular weight is 233 g/mol. The standard InChI is InChI=1S/C15H21NO.H2/c1-10-3-5-14(6-4-10)17-9-15-11(2)12-7-13(8-12)16-15;/h3-6,11-13,15-16H,7-9H2,1-2H3;1H. The Hall–Kier alpha value is -1.02. The molecule has 1 aromatic carbocycles. The predicted molar refractivity (Wildman–Crippen MR) is 71.4 cm³/mol. The maximum Gasteiger partial charge on any atom is 0.119 e. The van der Waals surface area contributed by atoms with Crippen LogP contribution in [0.25, 0.3) is 0 Å². The molecule has 94 valence electrons. The lowest BCUT2D eigenvalue weighted by molar-refractivity contribution is 0.0334. The molecular weight excluding hydrogens is 210 g/mol. The summed E-state index contributed by atoms with van der Waals surface area (Å²) in [7, 11) is 0. The first kappa shape index (κ1) is 11.1. The van der Waals surface area contributed by atoms with Gasteiger partial charge >= 0.3 is 0 Å². The first-order valence-corrected chi connectivity index (χ1v) is 6.68. The second-order valence-electron chi connectivity index (χ2n) is 5.68. The molecule has 17 heavy (non-hydrogen) atoms. The second-order valence-corrected chi connectivity index (χ2v) is 5.68. The number of rotatable bonds is 3. The third-order valence-corrected chi connectivity index (χ3v) is 4.45. The van der Waals surface area contributed by atoms with Crippen molar-refractivity contribution in [3.05, 3.63) is 29.8 Å². The highest BCUT2D eigenvalue weighted by Gasteiger charge is 2.43. The Kier molecular flexibility index (Phi) is 2.83. The third kappa shape index (κ3) is 2.19. The molecule has 2 nitrogen and oxygen atoms in total. The zero-order valence-corrected chi connectivity index (χ0v) is 10.6. The van der Waals surface area contributed by atoms with E-state index in [1.165, 1.54) is 18.4 Å². The van der Waals surface area contributed by atoms with E-state index < -0.39 is 0 Å². The Balaban J connectivity index is 0.00000120. The summed E-state index contributed by atoms with van der Waals surface area (Å²) >= 11 is 0. The van der Waals surface area contributed by atoms with Crippen LogP contribution in [0.4, 0.5) is 0 Å². The summed E-state index contributed by atoms with van der Waals surface area (Å²) in [5.41, 5.74) is 1.28. The smallest absolute Gasteiger partial charge is 0.119 e. The van der Waals surface area contributed by atoms with Crippen LogP contribution in [0.1, 0.15) is 26.8 Å². The van der Waals surface area contributed by atoms with Gasteiger partial charge in [0.15, 0.2) is 0 Å². The summed E-state index contributed by atoms with van der Waals surface area (Å²) in [5.74, 6) is 2.68. The first-order valence-electron chi connectivity index (χ1n) is 6.68.